The van der Waals surface area contributed by atoms with Gasteiger partial charge in [0, 0.05) is 17.6 Å². The normalized spacial score (nSPS) is 11.6. The second-order valence-corrected chi connectivity index (χ2v) is 6.69. The summed E-state index contributed by atoms with van der Waals surface area (Å²) >= 11 is 1.33. The monoisotopic (exact) mass is 342 g/mol. The van der Waals surface area contributed by atoms with E-state index in [9.17, 15) is 4.79 Å². The Morgan fingerprint density at radius 1 is 1.42 bits per heavy atom. The highest BCUT2D eigenvalue weighted by molar-refractivity contribution is 7.25. The summed E-state index contributed by atoms with van der Waals surface area (Å²) in [6.07, 6.45) is 6.97. The molecule has 0 saturated heterocycles. The largest absolute Gasteiger partial charge is 0.398 e. The fraction of sp³-hybridized carbons (Fsp3) is 0.278. The first-order chi connectivity index (χ1) is 11.4. The summed E-state index contributed by atoms with van der Waals surface area (Å²) in [5, 5.41) is 0.768. The predicted octanol–water partition coefficient (Wildman–Crippen LogP) is 4.30. The zero-order valence-electron chi connectivity index (χ0n) is 14.4. The van der Waals surface area contributed by atoms with Gasteiger partial charge in [0.15, 0.2) is 0 Å². The molecule has 0 amide bonds. The van der Waals surface area contributed by atoms with Gasteiger partial charge in [-0.3, -0.25) is 9.36 Å². The summed E-state index contributed by atoms with van der Waals surface area (Å²) in [4.78, 5) is 21.8. The minimum atomic E-state index is -0.0806. The molecule has 0 spiro atoms. The third-order valence-electron chi connectivity index (χ3n) is 3.58. The van der Waals surface area contributed by atoms with Crippen LogP contribution in [0.5, 0.6) is 0 Å². The Morgan fingerprint density at radius 2 is 2.08 bits per heavy atom. The van der Waals surface area contributed by atoms with Gasteiger partial charge < -0.3 is 5.73 Å². The van der Waals surface area contributed by atoms with Crippen molar-refractivity contribution in [2.24, 2.45) is 5.92 Å². The zero-order valence-corrected chi connectivity index (χ0v) is 15.2. The van der Waals surface area contributed by atoms with Gasteiger partial charge in [0.2, 0.25) is 0 Å². The molecule has 2 N–H and O–H groups in total. The van der Waals surface area contributed by atoms with E-state index in [1.165, 1.54) is 15.9 Å². The average molecular weight is 342 g/mol. The molecule has 0 aliphatic rings. The standard InChI is InChI=1S/C13H12N4OS.C5H10/c1-3-7(2)17-6-16-10-9-8(14)4-5-15-12(9)19-11(10)13(17)18;1-4-5(2)3/h3-6H,1-2H3,(H2,14,15);4-5H,1H2,2-3H3/b7-3+;. The summed E-state index contributed by atoms with van der Waals surface area (Å²) < 4.78 is 2.12. The number of allylic oxidation sites excluding steroid dienone is 3. The highest BCUT2D eigenvalue weighted by Gasteiger charge is 2.14. The smallest absolute Gasteiger partial charge is 0.275 e. The van der Waals surface area contributed by atoms with Crippen LogP contribution in [-0.4, -0.2) is 14.5 Å². The van der Waals surface area contributed by atoms with Crippen LogP contribution in [0.4, 0.5) is 5.69 Å². The molecule has 3 heterocycles. The second-order valence-electron chi connectivity index (χ2n) is 5.69. The van der Waals surface area contributed by atoms with Crippen LogP contribution < -0.4 is 11.3 Å². The molecule has 0 saturated carbocycles. The number of nitrogen functional groups attached to an aromatic ring is 1. The van der Waals surface area contributed by atoms with Crippen LogP contribution in [0.1, 0.15) is 27.7 Å². The molecule has 0 atom stereocenters. The predicted molar refractivity (Wildman–Crippen MR) is 104 cm³/mol. The first-order valence-electron chi connectivity index (χ1n) is 7.70. The van der Waals surface area contributed by atoms with Gasteiger partial charge in [0.1, 0.15) is 15.9 Å². The van der Waals surface area contributed by atoms with E-state index in [4.69, 9.17) is 5.73 Å². The van der Waals surface area contributed by atoms with Crippen LogP contribution in [0.3, 0.4) is 0 Å². The number of rotatable bonds is 2. The molecule has 0 bridgehead atoms. The summed E-state index contributed by atoms with van der Waals surface area (Å²) in [6, 6.07) is 1.72. The van der Waals surface area contributed by atoms with Crippen LogP contribution in [0.25, 0.3) is 26.1 Å². The molecular weight excluding hydrogens is 320 g/mol. The van der Waals surface area contributed by atoms with Crippen molar-refractivity contribution in [3.8, 4) is 0 Å². The van der Waals surface area contributed by atoms with Crippen LogP contribution in [0.15, 0.2) is 42.1 Å². The topological polar surface area (TPSA) is 73.8 Å². The van der Waals surface area contributed by atoms with Crippen molar-refractivity contribution < 1.29 is 0 Å². The molecule has 24 heavy (non-hydrogen) atoms. The molecule has 0 aliphatic carbocycles. The van der Waals surface area contributed by atoms with Gasteiger partial charge in [-0.25, -0.2) is 9.97 Å². The number of hydrogen-bond acceptors (Lipinski definition) is 5. The molecule has 6 heteroatoms. The van der Waals surface area contributed by atoms with Gasteiger partial charge in [-0.15, -0.1) is 17.9 Å². The van der Waals surface area contributed by atoms with Gasteiger partial charge in [-0.05, 0) is 25.8 Å². The Hall–Kier alpha value is -2.47. The minimum absolute atomic E-state index is 0.0806. The third kappa shape index (κ3) is 3.38. The van der Waals surface area contributed by atoms with Gasteiger partial charge in [0.05, 0.1) is 10.9 Å². The summed E-state index contributed by atoms with van der Waals surface area (Å²) in [7, 11) is 0. The van der Waals surface area contributed by atoms with Gasteiger partial charge in [-0.2, -0.15) is 0 Å². The van der Waals surface area contributed by atoms with Crippen molar-refractivity contribution in [1.29, 1.82) is 0 Å². The number of fused-ring (bicyclic) bond motifs is 3. The van der Waals surface area contributed by atoms with Gasteiger partial charge in [-0.1, -0.05) is 26.0 Å². The van der Waals surface area contributed by atoms with E-state index in [0.29, 0.717) is 21.8 Å². The first-order valence-corrected chi connectivity index (χ1v) is 8.52. The molecule has 5 nitrogen and oxygen atoms in total. The second kappa shape index (κ2) is 7.40. The Bertz CT molecular complexity index is 966. The highest BCUT2D eigenvalue weighted by atomic mass is 32.1. The van der Waals surface area contributed by atoms with E-state index in [1.807, 2.05) is 26.0 Å². The molecule has 3 aromatic rings. The minimum Gasteiger partial charge on any atom is -0.398 e. The summed E-state index contributed by atoms with van der Waals surface area (Å²) in [5.41, 5.74) is 7.95. The van der Waals surface area contributed by atoms with Crippen LogP contribution in [0.2, 0.25) is 0 Å². The molecule has 0 fully saturated rings. The molecule has 126 valence electrons. The molecule has 0 radical (unpaired) electrons. The van der Waals surface area contributed by atoms with Crippen LogP contribution >= 0.6 is 11.3 Å². The number of hydrogen-bond donors (Lipinski definition) is 1. The zero-order chi connectivity index (χ0) is 17.9. The molecule has 0 aliphatic heterocycles. The molecule has 0 aromatic carbocycles. The highest BCUT2D eigenvalue weighted by Crippen LogP contribution is 2.32. The third-order valence-corrected chi connectivity index (χ3v) is 4.66. The fourth-order valence-electron chi connectivity index (χ4n) is 1.97. The lowest BCUT2D eigenvalue weighted by molar-refractivity contribution is 0.835. The summed E-state index contributed by atoms with van der Waals surface area (Å²) in [5.74, 6) is 0.648. The average Bonchev–Trinajstić information content (AvgIpc) is 2.96. The molecular formula is C18H22N4OS. The first kappa shape index (κ1) is 17.9. The van der Waals surface area contributed by atoms with Crippen molar-refractivity contribution >= 4 is 43.2 Å². The Morgan fingerprint density at radius 3 is 2.67 bits per heavy atom. The number of thiophene rings is 1. The molecule has 0 unspecified atom stereocenters. The maximum absolute atomic E-state index is 12.4. The van der Waals surface area contributed by atoms with Crippen molar-refractivity contribution in [3.05, 3.63) is 47.7 Å². The maximum Gasteiger partial charge on any atom is 0.275 e. The van der Waals surface area contributed by atoms with Gasteiger partial charge >= 0.3 is 0 Å². The van der Waals surface area contributed by atoms with E-state index in [-0.39, 0.29) is 5.56 Å². The number of pyridine rings is 1. The van der Waals surface area contributed by atoms with E-state index < -0.39 is 0 Å². The van der Waals surface area contributed by atoms with Crippen molar-refractivity contribution in [2.45, 2.75) is 27.7 Å². The van der Waals surface area contributed by atoms with E-state index in [0.717, 1.165) is 15.9 Å². The van der Waals surface area contributed by atoms with E-state index in [1.54, 1.807) is 18.6 Å². The van der Waals surface area contributed by atoms with E-state index >= 15 is 0 Å². The number of aromatic nitrogens is 3. The van der Waals surface area contributed by atoms with E-state index in [2.05, 4.69) is 30.4 Å². The van der Waals surface area contributed by atoms with Crippen LogP contribution in [-0.2, 0) is 0 Å². The fourth-order valence-corrected chi connectivity index (χ4v) is 3.03. The summed E-state index contributed by atoms with van der Waals surface area (Å²) in [6.45, 7) is 11.5. The quantitative estimate of drug-likeness (QED) is 0.705. The Labute approximate surface area is 145 Å². The lowest BCUT2D eigenvalue weighted by Crippen LogP contribution is -2.17. The molecule has 3 rings (SSSR count). The van der Waals surface area contributed by atoms with Crippen molar-refractivity contribution in [2.75, 3.05) is 5.73 Å². The van der Waals surface area contributed by atoms with Crippen molar-refractivity contribution in [1.82, 2.24) is 14.5 Å². The number of anilines is 1. The number of nitrogens with two attached hydrogens (primary N) is 1. The Balaban J connectivity index is 0.000000368. The van der Waals surface area contributed by atoms with Crippen LogP contribution in [0, 0.1) is 5.92 Å². The van der Waals surface area contributed by atoms with Crippen molar-refractivity contribution in [3.63, 3.8) is 0 Å². The molecule has 3 aromatic heterocycles. The Kier molecular flexibility index (Phi) is 5.51. The SMILES string of the molecule is C/C=C(\C)n1cnc2c(sc3nccc(N)c32)c1=O.C=CC(C)C. The number of nitrogens with zero attached hydrogens (tertiary/aromatic N) is 3. The lowest BCUT2D eigenvalue weighted by atomic mass is 10.2. The van der Waals surface area contributed by atoms with Gasteiger partial charge in [0.25, 0.3) is 5.56 Å². The maximum atomic E-state index is 12.4. The lowest BCUT2D eigenvalue weighted by Gasteiger charge is -2.03.